The molecular formula is C18H23NO. The van der Waals surface area contributed by atoms with Gasteiger partial charge in [0.25, 0.3) is 0 Å². The molecule has 0 aliphatic carbocycles. The van der Waals surface area contributed by atoms with E-state index < -0.39 is 0 Å². The molecule has 0 aromatic heterocycles. The molecule has 2 aromatic rings. The van der Waals surface area contributed by atoms with Gasteiger partial charge < -0.3 is 10.5 Å². The molecule has 1 atom stereocenters. The van der Waals surface area contributed by atoms with Gasteiger partial charge in [0, 0.05) is 6.04 Å². The highest BCUT2D eigenvalue weighted by Crippen LogP contribution is 2.15. The van der Waals surface area contributed by atoms with Gasteiger partial charge in [-0.1, -0.05) is 41.5 Å². The van der Waals surface area contributed by atoms with Crippen LogP contribution >= 0.6 is 0 Å². The number of rotatable bonds is 5. The SMILES string of the molecule is COc1ccc(CC(N)Cc2cc(C)cc(C)c2)cc1. The number of nitrogens with two attached hydrogens (primary N) is 1. The Balaban J connectivity index is 1.98. The van der Waals surface area contributed by atoms with E-state index in [1.165, 1.54) is 22.3 Å². The lowest BCUT2D eigenvalue weighted by Gasteiger charge is -2.13. The van der Waals surface area contributed by atoms with Crippen LogP contribution < -0.4 is 10.5 Å². The van der Waals surface area contributed by atoms with Crippen LogP contribution in [0.3, 0.4) is 0 Å². The predicted octanol–water partition coefficient (Wildman–Crippen LogP) is 3.42. The normalized spacial score (nSPS) is 12.2. The molecule has 0 aliphatic rings. The first-order chi connectivity index (χ1) is 9.56. The highest BCUT2D eigenvalue weighted by molar-refractivity contribution is 5.30. The molecule has 0 spiro atoms. The van der Waals surface area contributed by atoms with Crippen molar-refractivity contribution in [1.82, 2.24) is 0 Å². The summed E-state index contributed by atoms with van der Waals surface area (Å²) in [5.41, 5.74) is 11.5. The van der Waals surface area contributed by atoms with E-state index in [0.29, 0.717) is 0 Å². The van der Waals surface area contributed by atoms with Crippen LogP contribution in [0.2, 0.25) is 0 Å². The zero-order valence-electron chi connectivity index (χ0n) is 12.5. The molecule has 2 aromatic carbocycles. The van der Waals surface area contributed by atoms with E-state index in [1.807, 2.05) is 12.1 Å². The summed E-state index contributed by atoms with van der Waals surface area (Å²) in [6, 6.07) is 14.9. The summed E-state index contributed by atoms with van der Waals surface area (Å²) in [4.78, 5) is 0. The largest absolute Gasteiger partial charge is 0.497 e. The van der Waals surface area contributed by atoms with Crippen molar-refractivity contribution in [2.24, 2.45) is 5.73 Å². The fourth-order valence-corrected chi connectivity index (χ4v) is 2.63. The molecule has 20 heavy (non-hydrogen) atoms. The Morgan fingerprint density at radius 3 is 2.00 bits per heavy atom. The van der Waals surface area contributed by atoms with Crippen LogP contribution in [0, 0.1) is 13.8 Å². The maximum absolute atomic E-state index is 6.28. The molecule has 0 bridgehead atoms. The molecule has 1 unspecified atom stereocenters. The second kappa shape index (κ2) is 6.58. The third kappa shape index (κ3) is 4.10. The van der Waals surface area contributed by atoms with Crippen molar-refractivity contribution in [2.45, 2.75) is 32.7 Å². The molecule has 0 heterocycles. The highest BCUT2D eigenvalue weighted by atomic mass is 16.5. The molecule has 0 saturated carbocycles. The first kappa shape index (κ1) is 14.6. The van der Waals surface area contributed by atoms with E-state index in [2.05, 4.69) is 44.2 Å². The van der Waals surface area contributed by atoms with Gasteiger partial charge in [-0.05, 0) is 49.9 Å². The summed E-state index contributed by atoms with van der Waals surface area (Å²) in [6.07, 6.45) is 1.80. The second-order valence-electron chi connectivity index (χ2n) is 5.51. The number of benzene rings is 2. The zero-order chi connectivity index (χ0) is 14.5. The smallest absolute Gasteiger partial charge is 0.118 e. The van der Waals surface area contributed by atoms with Crippen LogP contribution in [0.15, 0.2) is 42.5 Å². The predicted molar refractivity (Wildman–Crippen MR) is 84.3 cm³/mol. The summed E-state index contributed by atoms with van der Waals surface area (Å²) in [5, 5.41) is 0. The van der Waals surface area contributed by atoms with Crippen molar-refractivity contribution < 1.29 is 4.74 Å². The highest BCUT2D eigenvalue weighted by Gasteiger charge is 2.07. The Bertz CT molecular complexity index is 540. The van der Waals surface area contributed by atoms with Gasteiger partial charge in [-0.25, -0.2) is 0 Å². The van der Waals surface area contributed by atoms with Gasteiger partial charge in [0.1, 0.15) is 5.75 Å². The van der Waals surface area contributed by atoms with E-state index in [1.54, 1.807) is 7.11 Å². The molecule has 2 N–H and O–H groups in total. The van der Waals surface area contributed by atoms with E-state index in [0.717, 1.165) is 18.6 Å². The fraction of sp³-hybridized carbons (Fsp3) is 0.333. The van der Waals surface area contributed by atoms with E-state index in [4.69, 9.17) is 10.5 Å². The van der Waals surface area contributed by atoms with Crippen LogP contribution in [-0.2, 0) is 12.8 Å². The average molecular weight is 269 g/mol. The summed E-state index contributed by atoms with van der Waals surface area (Å²) >= 11 is 0. The van der Waals surface area contributed by atoms with Gasteiger partial charge in [-0.2, -0.15) is 0 Å². The molecule has 0 radical (unpaired) electrons. The number of ether oxygens (including phenoxy) is 1. The zero-order valence-corrected chi connectivity index (χ0v) is 12.5. The van der Waals surface area contributed by atoms with Gasteiger partial charge in [0.15, 0.2) is 0 Å². The Kier molecular flexibility index (Phi) is 4.80. The van der Waals surface area contributed by atoms with Gasteiger partial charge in [0.2, 0.25) is 0 Å². The lowest BCUT2D eigenvalue weighted by Crippen LogP contribution is -2.25. The quantitative estimate of drug-likeness (QED) is 0.902. The second-order valence-corrected chi connectivity index (χ2v) is 5.51. The topological polar surface area (TPSA) is 35.2 Å². The minimum Gasteiger partial charge on any atom is -0.497 e. The van der Waals surface area contributed by atoms with Crippen LogP contribution in [-0.4, -0.2) is 13.2 Å². The van der Waals surface area contributed by atoms with Crippen LogP contribution in [0.25, 0.3) is 0 Å². The lowest BCUT2D eigenvalue weighted by atomic mass is 9.97. The summed E-state index contributed by atoms with van der Waals surface area (Å²) in [6.45, 7) is 4.26. The fourth-order valence-electron chi connectivity index (χ4n) is 2.63. The van der Waals surface area contributed by atoms with Gasteiger partial charge in [0.05, 0.1) is 7.11 Å². The minimum absolute atomic E-state index is 0.143. The van der Waals surface area contributed by atoms with Crippen molar-refractivity contribution in [3.05, 3.63) is 64.7 Å². The van der Waals surface area contributed by atoms with Gasteiger partial charge in [-0.3, -0.25) is 0 Å². The molecule has 0 amide bonds. The average Bonchev–Trinajstić information content (AvgIpc) is 2.38. The molecule has 0 aliphatic heterocycles. The van der Waals surface area contributed by atoms with Gasteiger partial charge in [-0.15, -0.1) is 0 Å². The molecule has 0 fully saturated rings. The van der Waals surface area contributed by atoms with Crippen LogP contribution in [0.5, 0.6) is 5.75 Å². The summed E-state index contributed by atoms with van der Waals surface area (Å²) in [5.74, 6) is 0.886. The monoisotopic (exact) mass is 269 g/mol. The van der Waals surface area contributed by atoms with Crippen molar-refractivity contribution >= 4 is 0 Å². The Morgan fingerprint density at radius 2 is 1.45 bits per heavy atom. The summed E-state index contributed by atoms with van der Waals surface area (Å²) in [7, 11) is 1.68. The lowest BCUT2D eigenvalue weighted by molar-refractivity contribution is 0.414. The number of hydrogen-bond acceptors (Lipinski definition) is 2. The van der Waals surface area contributed by atoms with Crippen molar-refractivity contribution in [1.29, 1.82) is 0 Å². The molecule has 106 valence electrons. The number of methoxy groups -OCH3 is 1. The third-order valence-electron chi connectivity index (χ3n) is 3.44. The van der Waals surface area contributed by atoms with Crippen LogP contribution in [0.4, 0.5) is 0 Å². The number of hydrogen-bond donors (Lipinski definition) is 1. The first-order valence-corrected chi connectivity index (χ1v) is 7.02. The standard InChI is InChI=1S/C18H23NO/c1-13-8-14(2)10-16(9-13)12-17(19)11-15-4-6-18(20-3)7-5-15/h4-10,17H,11-12,19H2,1-3H3. The Labute approximate surface area is 121 Å². The van der Waals surface area contributed by atoms with Crippen molar-refractivity contribution in [2.75, 3.05) is 7.11 Å². The van der Waals surface area contributed by atoms with Gasteiger partial charge >= 0.3 is 0 Å². The third-order valence-corrected chi connectivity index (χ3v) is 3.44. The number of aryl methyl sites for hydroxylation is 2. The maximum Gasteiger partial charge on any atom is 0.118 e. The molecule has 2 nitrogen and oxygen atoms in total. The van der Waals surface area contributed by atoms with E-state index >= 15 is 0 Å². The van der Waals surface area contributed by atoms with Crippen molar-refractivity contribution in [3.63, 3.8) is 0 Å². The summed E-state index contributed by atoms with van der Waals surface area (Å²) < 4.78 is 5.16. The molecule has 2 rings (SSSR count). The maximum atomic E-state index is 6.28. The van der Waals surface area contributed by atoms with E-state index in [-0.39, 0.29) is 6.04 Å². The molecule has 0 saturated heterocycles. The minimum atomic E-state index is 0.143. The van der Waals surface area contributed by atoms with Crippen LogP contribution in [0.1, 0.15) is 22.3 Å². The van der Waals surface area contributed by atoms with Crippen molar-refractivity contribution in [3.8, 4) is 5.75 Å². The first-order valence-electron chi connectivity index (χ1n) is 7.02. The Hall–Kier alpha value is -1.80. The molecular weight excluding hydrogens is 246 g/mol. The van der Waals surface area contributed by atoms with E-state index in [9.17, 15) is 0 Å². The molecule has 2 heteroatoms. The Morgan fingerprint density at radius 1 is 0.900 bits per heavy atom.